The lowest BCUT2D eigenvalue weighted by molar-refractivity contribution is -0.274. The molecule has 0 aliphatic heterocycles. The van der Waals surface area contributed by atoms with Crippen molar-refractivity contribution in [1.29, 1.82) is 0 Å². The molecule has 0 amide bonds. The van der Waals surface area contributed by atoms with Crippen LogP contribution in [-0.2, 0) is 39.1 Å². The highest BCUT2D eigenvalue weighted by atomic mass is 32.2. The molecule has 0 saturated carbocycles. The highest BCUT2D eigenvalue weighted by Gasteiger charge is 2.31. The minimum Gasteiger partial charge on any atom is -0.466 e. The van der Waals surface area contributed by atoms with Crippen LogP contribution < -0.4 is 4.74 Å². The summed E-state index contributed by atoms with van der Waals surface area (Å²) in [6, 6.07) is 12.0. The van der Waals surface area contributed by atoms with Gasteiger partial charge in [0.05, 0.1) is 19.3 Å². The Bertz CT molecular complexity index is 976. The summed E-state index contributed by atoms with van der Waals surface area (Å²) in [6.45, 7) is 1.81. The number of benzene rings is 2. The summed E-state index contributed by atoms with van der Waals surface area (Å²) in [5, 5.41) is 0. The van der Waals surface area contributed by atoms with Crippen LogP contribution in [0.2, 0.25) is 0 Å². The number of ether oxygens (including phenoxy) is 2. The highest BCUT2D eigenvalue weighted by Crippen LogP contribution is 2.24. The standard InChI is InChI=1S/C20H22F3NO5S/c1-3-28-19(25)12-15-6-4-7-16(10-15)13-24(30(2,26)27)14-17-8-5-9-18(11-17)29-20(21,22)23/h4-11H,3,12-14H2,1-2H3. The van der Waals surface area contributed by atoms with Gasteiger partial charge in [-0.15, -0.1) is 13.2 Å². The van der Waals surface area contributed by atoms with Gasteiger partial charge in [-0.1, -0.05) is 36.4 Å². The first-order valence-electron chi connectivity index (χ1n) is 8.99. The number of sulfonamides is 1. The molecule has 0 N–H and O–H groups in total. The third kappa shape index (κ3) is 8.03. The number of hydrogen-bond acceptors (Lipinski definition) is 5. The van der Waals surface area contributed by atoms with Crippen LogP contribution >= 0.6 is 0 Å². The Morgan fingerprint density at radius 2 is 1.57 bits per heavy atom. The van der Waals surface area contributed by atoms with E-state index in [-0.39, 0.29) is 26.1 Å². The van der Waals surface area contributed by atoms with Gasteiger partial charge < -0.3 is 9.47 Å². The van der Waals surface area contributed by atoms with E-state index in [4.69, 9.17) is 4.74 Å². The summed E-state index contributed by atoms with van der Waals surface area (Å²) in [5.74, 6) is -0.819. The minimum atomic E-state index is -4.84. The summed E-state index contributed by atoms with van der Waals surface area (Å²) < 4.78 is 71.7. The number of rotatable bonds is 9. The average molecular weight is 445 g/mol. The van der Waals surface area contributed by atoms with Crippen LogP contribution in [0.25, 0.3) is 0 Å². The highest BCUT2D eigenvalue weighted by molar-refractivity contribution is 7.88. The smallest absolute Gasteiger partial charge is 0.466 e. The van der Waals surface area contributed by atoms with Crippen molar-refractivity contribution in [3.63, 3.8) is 0 Å². The van der Waals surface area contributed by atoms with Gasteiger partial charge in [0.1, 0.15) is 5.75 Å². The molecule has 0 atom stereocenters. The Morgan fingerprint density at radius 1 is 1.00 bits per heavy atom. The van der Waals surface area contributed by atoms with Crippen molar-refractivity contribution < 1.29 is 35.9 Å². The molecule has 0 aromatic heterocycles. The molecule has 164 valence electrons. The molecule has 0 fully saturated rings. The van der Waals surface area contributed by atoms with Gasteiger partial charge in [-0.3, -0.25) is 4.79 Å². The number of esters is 1. The van der Waals surface area contributed by atoms with Gasteiger partial charge in [0.25, 0.3) is 0 Å². The molecule has 2 rings (SSSR count). The van der Waals surface area contributed by atoms with E-state index in [0.717, 1.165) is 22.7 Å². The van der Waals surface area contributed by atoms with Gasteiger partial charge in [0, 0.05) is 13.1 Å². The van der Waals surface area contributed by atoms with Crippen molar-refractivity contribution in [2.45, 2.75) is 32.8 Å². The Morgan fingerprint density at radius 3 is 2.13 bits per heavy atom. The fourth-order valence-corrected chi connectivity index (χ4v) is 3.52. The van der Waals surface area contributed by atoms with Crippen LogP contribution in [0, 0.1) is 0 Å². The van der Waals surface area contributed by atoms with Crippen LogP contribution in [0.5, 0.6) is 5.75 Å². The van der Waals surface area contributed by atoms with Crippen LogP contribution in [0.4, 0.5) is 13.2 Å². The summed E-state index contributed by atoms with van der Waals surface area (Å²) in [7, 11) is -3.68. The lowest BCUT2D eigenvalue weighted by atomic mass is 10.1. The van der Waals surface area contributed by atoms with E-state index in [1.54, 1.807) is 31.2 Å². The molecule has 0 heterocycles. The SMILES string of the molecule is CCOC(=O)Cc1cccc(CN(Cc2cccc(OC(F)(F)F)c2)S(C)(=O)=O)c1. The molecule has 0 saturated heterocycles. The van der Waals surface area contributed by atoms with Gasteiger partial charge in [-0.05, 0) is 35.7 Å². The van der Waals surface area contributed by atoms with E-state index in [1.165, 1.54) is 12.1 Å². The molecule has 0 bridgehead atoms. The van der Waals surface area contributed by atoms with Gasteiger partial charge in [-0.2, -0.15) is 4.31 Å². The molecule has 0 unspecified atom stereocenters. The maximum atomic E-state index is 12.4. The summed E-state index contributed by atoms with van der Waals surface area (Å²) in [4.78, 5) is 11.7. The maximum absolute atomic E-state index is 12.4. The van der Waals surface area contributed by atoms with Crippen molar-refractivity contribution in [2.24, 2.45) is 0 Å². The van der Waals surface area contributed by atoms with Crippen molar-refractivity contribution >= 4 is 16.0 Å². The second-order valence-electron chi connectivity index (χ2n) is 6.53. The van der Waals surface area contributed by atoms with E-state index < -0.39 is 28.1 Å². The molecule has 0 aliphatic rings. The molecular weight excluding hydrogens is 423 g/mol. The first-order valence-corrected chi connectivity index (χ1v) is 10.8. The van der Waals surface area contributed by atoms with Crippen molar-refractivity contribution in [3.8, 4) is 5.75 Å². The Hall–Kier alpha value is -2.59. The first kappa shape index (κ1) is 23.7. The number of carbonyl (C=O) groups is 1. The number of nitrogens with zero attached hydrogens (tertiary/aromatic N) is 1. The van der Waals surface area contributed by atoms with Gasteiger partial charge in [0.2, 0.25) is 10.0 Å². The Labute approximate surface area is 173 Å². The van der Waals surface area contributed by atoms with E-state index in [2.05, 4.69) is 4.74 Å². The van der Waals surface area contributed by atoms with E-state index in [1.807, 2.05) is 0 Å². The largest absolute Gasteiger partial charge is 0.573 e. The maximum Gasteiger partial charge on any atom is 0.573 e. The van der Waals surface area contributed by atoms with E-state index >= 15 is 0 Å². The second kappa shape index (κ2) is 9.94. The fourth-order valence-electron chi connectivity index (χ4n) is 2.76. The predicted octanol–water partition coefficient (Wildman–Crippen LogP) is 3.65. The number of carbonyl (C=O) groups excluding carboxylic acids is 1. The van der Waals surface area contributed by atoms with Gasteiger partial charge >= 0.3 is 12.3 Å². The fraction of sp³-hybridized carbons (Fsp3) is 0.350. The minimum absolute atomic E-state index is 0.0140. The van der Waals surface area contributed by atoms with Crippen LogP contribution in [0.3, 0.4) is 0 Å². The van der Waals surface area contributed by atoms with E-state index in [0.29, 0.717) is 16.7 Å². The Balaban J connectivity index is 2.18. The lowest BCUT2D eigenvalue weighted by Crippen LogP contribution is -2.29. The number of hydrogen-bond donors (Lipinski definition) is 0. The van der Waals surface area contributed by atoms with Crippen molar-refractivity contribution in [3.05, 3.63) is 65.2 Å². The molecule has 2 aromatic rings. The number of halogens is 3. The quantitative estimate of drug-likeness (QED) is 0.551. The zero-order valence-corrected chi connectivity index (χ0v) is 17.3. The van der Waals surface area contributed by atoms with Crippen LogP contribution in [-0.4, -0.2) is 37.9 Å². The summed E-state index contributed by atoms with van der Waals surface area (Å²) in [6.07, 6.45) is -3.77. The third-order valence-corrected chi connectivity index (χ3v) is 5.16. The molecule has 0 spiro atoms. The van der Waals surface area contributed by atoms with Gasteiger partial charge in [-0.25, -0.2) is 8.42 Å². The van der Waals surface area contributed by atoms with Gasteiger partial charge in [0.15, 0.2) is 0 Å². The summed E-state index contributed by atoms with van der Waals surface area (Å²) >= 11 is 0. The molecule has 6 nitrogen and oxygen atoms in total. The third-order valence-electron chi connectivity index (χ3n) is 3.96. The molecule has 10 heteroatoms. The zero-order chi connectivity index (χ0) is 22.4. The zero-order valence-electron chi connectivity index (χ0n) is 16.5. The first-order chi connectivity index (χ1) is 14.0. The monoisotopic (exact) mass is 445 g/mol. The molecule has 0 radical (unpaired) electrons. The normalized spacial score (nSPS) is 12.1. The number of alkyl halides is 3. The van der Waals surface area contributed by atoms with Crippen LogP contribution in [0.1, 0.15) is 23.6 Å². The topological polar surface area (TPSA) is 72.9 Å². The van der Waals surface area contributed by atoms with E-state index in [9.17, 15) is 26.4 Å². The lowest BCUT2D eigenvalue weighted by Gasteiger charge is -2.21. The molecule has 30 heavy (non-hydrogen) atoms. The van der Waals surface area contributed by atoms with Crippen molar-refractivity contribution in [1.82, 2.24) is 4.31 Å². The molecule has 2 aromatic carbocycles. The molecular formula is C20H22F3NO5S. The molecule has 0 aliphatic carbocycles. The Kier molecular flexibility index (Phi) is 7.85. The van der Waals surface area contributed by atoms with Crippen LogP contribution in [0.15, 0.2) is 48.5 Å². The van der Waals surface area contributed by atoms with Crippen molar-refractivity contribution in [2.75, 3.05) is 12.9 Å². The second-order valence-corrected chi connectivity index (χ2v) is 8.51. The predicted molar refractivity (Wildman–Crippen MR) is 104 cm³/mol. The average Bonchev–Trinajstić information content (AvgIpc) is 2.60. The summed E-state index contributed by atoms with van der Waals surface area (Å²) in [5.41, 5.74) is 1.63.